The fourth-order valence-corrected chi connectivity index (χ4v) is 4.06. The van der Waals surface area contributed by atoms with Gasteiger partial charge in [0.2, 0.25) is 0 Å². The summed E-state index contributed by atoms with van der Waals surface area (Å²) in [5, 5.41) is 2.01. The first-order valence-corrected chi connectivity index (χ1v) is 7.75. The van der Waals surface area contributed by atoms with Crippen molar-refractivity contribution in [1.29, 1.82) is 0 Å². The van der Waals surface area contributed by atoms with Crippen LogP contribution in [0.3, 0.4) is 0 Å². The van der Waals surface area contributed by atoms with Crippen molar-refractivity contribution in [1.82, 2.24) is 4.90 Å². The molecule has 2 fully saturated rings. The van der Waals surface area contributed by atoms with Gasteiger partial charge in [0.25, 0.3) is 0 Å². The lowest BCUT2D eigenvalue weighted by atomic mass is 10.1. The summed E-state index contributed by atoms with van der Waals surface area (Å²) >= 11 is 5.79. The Bertz CT molecular complexity index is 205. The Morgan fingerprint density at radius 2 is 2.14 bits per heavy atom. The van der Waals surface area contributed by atoms with Crippen molar-refractivity contribution >= 4 is 27.7 Å². The van der Waals surface area contributed by atoms with Gasteiger partial charge < -0.3 is 0 Å². The normalized spacial score (nSPS) is 37.1. The minimum Gasteiger partial charge on any atom is -0.298 e. The van der Waals surface area contributed by atoms with Crippen LogP contribution >= 0.6 is 27.7 Å². The zero-order valence-electron chi connectivity index (χ0n) is 9.13. The van der Waals surface area contributed by atoms with Crippen molar-refractivity contribution in [3.63, 3.8) is 0 Å². The molecular weight excluding hydrogens is 258 g/mol. The molecule has 1 saturated heterocycles. The van der Waals surface area contributed by atoms with Crippen LogP contribution in [0.25, 0.3) is 0 Å². The van der Waals surface area contributed by atoms with E-state index < -0.39 is 0 Å². The van der Waals surface area contributed by atoms with Crippen molar-refractivity contribution in [2.75, 3.05) is 24.2 Å². The van der Waals surface area contributed by atoms with Crippen molar-refractivity contribution in [3.05, 3.63) is 0 Å². The lowest BCUT2D eigenvalue weighted by Gasteiger charge is -2.39. The van der Waals surface area contributed by atoms with E-state index in [9.17, 15) is 0 Å². The summed E-state index contributed by atoms with van der Waals surface area (Å²) < 4.78 is 0. The van der Waals surface area contributed by atoms with Gasteiger partial charge in [-0.15, -0.1) is 0 Å². The standard InChI is InChI=1S/C11H20BrNS/c1-9-10(2)14-6-5-13(9)8-11(7-12)3-4-11/h9-10H,3-8H2,1-2H3. The Morgan fingerprint density at radius 3 is 2.71 bits per heavy atom. The topological polar surface area (TPSA) is 3.24 Å². The lowest BCUT2D eigenvalue weighted by Crippen LogP contribution is -2.47. The fourth-order valence-electron chi connectivity index (χ4n) is 2.16. The molecule has 82 valence electrons. The Kier molecular flexibility index (Phi) is 3.50. The van der Waals surface area contributed by atoms with Gasteiger partial charge in [-0.1, -0.05) is 22.9 Å². The summed E-state index contributed by atoms with van der Waals surface area (Å²) in [7, 11) is 0. The molecule has 0 spiro atoms. The van der Waals surface area contributed by atoms with Crippen LogP contribution in [0.2, 0.25) is 0 Å². The highest BCUT2D eigenvalue weighted by Crippen LogP contribution is 2.48. The minimum absolute atomic E-state index is 0.649. The largest absolute Gasteiger partial charge is 0.298 e. The lowest BCUT2D eigenvalue weighted by molar-refractivity contribution is 0.179. The second-order valence-corrected chi connectivity index (χ2v) is 6.97. The van der Waals surface area contributed by atoms with E-state index in [1.54, 1.807) is 0 Å². The number of hydrogen-bond donors (Lipinski definition) is 0. The molecule has 1 saturated carbocycles. The molecule has 2 aliphatic rings. The Hall–Kier alpha value is 0.790. The summed E-state index contributed by atoms with van der Waals surface area (Å²) in [4.78, 5) is 2.70. The quantitative estimate of drug-likeness (QED) is 0.730. The minimum atomic E-state index is 0.649. The maximum atomic E-state index is 3.66. The van der Waals surface area contributed by atoms with Crippen LogP contribution in [0.5, 0.6) is 0 Å². The maximum absolute atomic E-state index is 3.66. The van der Waals surface area contributed by atoms with Gasteiger partial charge in [-0.2, -0.15) is 11.8 Å². The Morgan fingerprint density at radius 1 is 1.43 bits per heavy atom. The van der Waals surface area contributed by atoms with Crippen LogP contribution in [0.1, 0.15) is 26.7 Å². The molecule has 14 heavy (non-hydrogen) atoms. The van der Waals surface area contributed by atoms with E-state index in [4.69, 9.17) is 0 Å². The van der Waals surface area contributed by atoms with Crippen molar-refractivity contribution in [2.24, 2.45) is 5.41 Å². The number of nitrogens with zero attached hydrogens (tertiary/aromatic N) is 1. The summed E-state index contributed by atoms with van der Waals surface area (Å²) in [6.07, 6.45) is 2.87. The first-order chi connectivity index (χ1) is 6.67. The highest BCUT2D eigenvalue weighted by molar-refractivity contribution is 9.09. The molecule has 0 aromatic rings. The van der Waals surface area contributed by atoms with Crippen molar-refractivity contribution in [3.8, 4) is 0 Å². The zero-order chi connectivity index (χ0) is 10.2. The van der Waals surface area contributed by atoms with E-state index >= 15 is 0 Å². The number of halogens is 1. The van der Waals surface area contributed by atoms with Gasteiger partial charge in [0, 0.05) is 35.5 Å². The van der Waals surface area contributed by atoms with Crippen molar-refractivity contribution < 1.29 is 0 Å². The third-order valence-electron chi connectivity index (χ3n) is 3.79. The van der Waals surface area contributed by atoms with Crippen LogP contribution < -0.4 is 0 Å². The molecule has 0 radical (unpaired) electrons. The second-order valence-electron chi connectivity index (χ2n) is 4.92. The number of alkyl halides is 1. The number of hydrogen-bond acceptors (Lipinski definition) is 2. The van der Waals surface area contributed by atoms with Crippen molar-refractivity contribution in [2.45, 2.75) is 38.0 Å². The Labute approximate surface area is 100 Å². The summed E-state index contributed by atoms with van der Waals surface area (Å²) in [5.74, 6) is 1.32. The first-order valence-electron chi connectivity index (χ1n) is 5.58. The summed E-state index contributed by atoms with van der Waals surface area (Å²) in [6.45, 7) is 7.38. The van der Waals surface area contributed by atoms with Gasteiger partial charge in [0.15, 0.2) is 0 Å². The number of rotatable bonds is 3. The molecule has 1 aliphatic carbocycles. The van der Waals surface area contributed by atoms with Gasteiger partial charge >= 0.3 is 0 Å². The van der Waals surface area contributed by atoms with E-state index in [1.807, 2.05) is 0 Å². The predicted molar refractivity (Wildman–Crippen MR) is 68.4 cm³/mol. The molecule has 0 aromatic heterocycles. The van der Waals surface area contributed by atoms with Gasteiger partial charge in [0.1, 0.15) is 0 Å². The number of thioether (sulfide) groups is 1. The van der Waals surface area contributed by atoms with E-state index in [0.29, 0.717) is 5.41 Å². The molecule has 1 heterocycles. The highest BCUT2D eigenvalue weighted by Gasteiger charge is 2.44. The van der Waals surface area contributed by atoms with Gasteiger partial charge in [0.05, 0.1) is 0 Å². The molecule has 2 unspecified atom stereocenters. The van der Waals surface area contributed by atoms with Gasteiger partial charge in [-0.25, -0.2) is 0 Å². The molecule has 2 rings (SSSR count). The van der Waals surface area contributed by atoms with Gasteiger partial charge in [-0.05, 0) is 25.2 Å². The molecule has 2 atom stereocenters. The summed E-state index contributed by atoms with van der Waals surface area (Å²) in [6, 6.07) is 0.769. The fraction of sp³-hybridized carbons (Fsp3) is 1.00. The monoisotopic (exact) mass is 277 g/mol. The van der Waals surface area contributed by atoms with Crippen LogP contribution in [0.4, 0.5) is 0 Å². The van der Waals surface area contributed by atoms with E-state index in [-0.39, 0.29) is 0 Å². The molecule has 3 heteroatoms. The first kappa shape index (κ1) is 11.3. The van der Waals surface area contributed by atoms with E-state index in [0.717, 1.165) is 11.3 Å². The van der Waals surface area contributed by atoms with E-state index in [1.165, 1.54) is 37.0 Å². The average Bonchev–Trinajstić information content (AvgIpc) is 2.94. The zero-order valence-corrected chi connectivity index (χ0v) is 11.5. The van der Waals surface area contributed by atoms with Crippen LogP contribution in [-0.2, 0) is 0 Å². The smallest absolute Gasteiger partial charge is 0.0184 e. The third kappa shape index (κ3) is 2.30. The highest BCUT2D eigenvalue weighted by atomic mass is 79.9. The summed E-state index contributed by atoms with van der Waals surface area (Å²) in [5.41, 5.74) is 0.649. The molecular formula is C11H20BrNS. The second kappa shape index (κ2) is 4.34. The molecule has 0 amide bonds. The van der Waals surface area contributed by atoms with Crippen LogP contribution in [-0.4, -0.2) is 40.4 Å². The van der Waals surface area contributed by atoms with E-state index in [2.05, 4.69) is 46.4 Å². The molecule has 1 aliphatic heterocycles. The SMILES string of the molecule is CC1SCCN(CC2(CBr)CC2)C1C. The molecule has 1 nitrogen and oxygen atoms in total. The maximum Gasteiger partial charge on any atom is 0.0184 e. The predicted octanol–water partition coefficient (Wildman–Crippen LogP) is 2.99. The van der Waals surface area contributed by atoms with Crippen LogP contribution in [0.15, 0.2) is 0 Å². The third-order valence-corrected chi connectivity index (χ3v) is 6.32. The molecule has 0 N–H and O–H groups in total. The Balaban J connectivity index is 1.90. The van der Waals surface area contributed by atoms with Gasteiger partial charge in [-0.3, -0.25) is 4.90 Å². The average molecular weight is 278 g/mol. The molecule has 0 aromatic carbocycles. The van der Waals surface area contributed by atoms with Crippen LogP contribution in [0, 0.1) is 5.41 Å². The molecule has 0 bridgehead atoms.